The van der Waals surface area contributed by atoms with Crippen molar-refractivity contribution in [2.24, 2.45) is 0 Å². The molecular weight excluding hydrogens is 130 g/mol. The fourth-order valence-electron chi connectivity index (χ4n) is 0.825. The van der Waals surface area contributed by atoms with E-state index in [2.05, 4.69) is 14.7 Å². The lowest BCUT2D eigenvalue weighted by molar-refractivity contribution is 0.365. The summed E-state index contributed by atoms with van der Waals surface area (Å²) in [6.45, 7) is 0. The fraction of sp³-hybridized carbons (Fsp3) is 0. The number of hydrogen-bond donors (Lipinski definition) is 2. The Balaban J connectivity index is 2.99. The van der Waals surface area contributed by atoms with Gasteiger partial charge in [-0.1, -0.05) is 5.16 Å². The van der Waals surface area contributed by atoms with E-state index in [1.54, 1.807) is 18.3 Å². The van der Waals surface area contributed by atoms with Gasteiger partial charge in [0.05, 0.1) is 5.52 Å². The molecule has 0 aliphatic heterocycles. The molecule has 4 nitrogen and oxygen atoms in total. The molecule has 0 spiro atoms. The Morgan fingerprint density at radius 1 is 1.60 bits per heavy atom. The third-order valence-electron chi connectivity index (χ3n) is 1.27. The second-order valence-electron chi connectivity index (χ2n) is 1.97. The van der Waals surface area contributed by atoms with Crippen LogP contribution >= 0.6 is 0 Å². The van der Waals surface area contributed by atoms with Crippen LogP contribution in [0.1, 0.15) is 0 Å². The first-order valence-corrected chi connectivity index (χ1v) is 2.85. The number of aromatic amines is 1. The molecule has 2 rings (SSSR count). The van der Waals surface area contributed by atoms with Crippen molar-refractivity contribution >= 4 is 11.0 Å². The fourth-order valence-corrected chi connectivity index (χ4v) is 0.825. The largest absolute Gasteiger partial charge is 0.360 e. The molecule has 0 unspecified atom stereocenters. The van der Waals surface area contributed by atoms with Crippen LogP contribution in [0.4, 0.5) is 0 Å². The molecule has 0 fully saturated rings. The molecule has 2 N–H and O–H groups in total. The van der Waals surface area contributed by atoms with Crippen molar-refractivity contribution in [3.05, 3.63) is 23.9 Å². The minimum absolute atomic E-state index is 0.0648. The molecule has 2 aromatic rings. The third kappa shape index (κ3) is 0.621. The molecule has 10 heavy (non-hydrogen) atoms. The van der Waals surface area contributed by atoms with Crippen LogP contribution in [0, 0.1) is 5.41 Å². The number of H-pyrrole nitrogens is 1. The van der Waals surface area contributed by atoms with E-state index in [9.17, 15) is 0 Å². The second kappa shape index (κ2) is 1.70. The summed E-state index contributed by atoms with van der Waals surface area (Å²) in [6, 6.07) is 3.38. The second-order valence-corrected chi connectivity index (χ2v) is 1.97. The summed E-state index contributed by atoms with van der Waals surface area (Å²) < 4.78 is 4.60. The average Bonchev–Trinajstić information content (AvgIpc) is 2.33. The van der Waals surface area contributed by atoms with Gasteiger partial charge in [0.15, 0.2) is 0 Å². The average molecular weight is 135 g/mol. The van der Waals surface area contributed by atoms with Gasteiger partial charge in [0.1, 0.15) is 5.52 Å². The Labute approximate surface area is 56.0 Å². The summed E-state index contributed by atoms with van der Waals surface area (Å²) in [5, 5.41) is 10.7. The Morgan fingerprint density at radius 2 is 2.50 bits per heavy atom. The highest BCUT2D eigenvalue weighted by molar-refractivity contribution is 5.72. The minimum atomic E-state index is 0.0648. The molecule has 0 saturated heterocycles. The highest BCUT2D eigenvalue weighted by atomic mass is 16.5. The maximum Gasteiger partial charge on any atom is 0.243 e. The van der Waals surface area contributed by atoms with Gasteiger partial charge in [0, 0.05) is 12.3 Å². The smallest absolute Gasteiger partial charge is 0.243 e. The van der Waals surface area contributed by atoms with Crippen molar-refractivity contribution in [1.29, 1.82) is 5.41 Å². The van der Waals surface area contributed by atoms with E-state index in [0.717, 1.165) is 11.0 Å². The predicted octanol–water partition coefficient (Wildman–Crippen LogP) is 0.635. The van der Waals surface area contributed by atoms with E-state index in [0.29, 0.717) is 0 Å². The molecule has 0 aliphatic carbocycles. The number of nitrogens with zero attached hydrogens (tertiary/aromatic N) is 1. The van der Waals surface area contributed by atoms with E-state index < -0.39 is 0 Å². The van der Waals surface area contributed by atoms with Gasteiger partial charge in [-0.05, 0) is 6.07 Å². The SMILES string of the molecule is N=c1cc2[nH]ccc2no1. The van der Waals surface area contributed by atoms with Crippen LogP contribution < -0.4 is 5.55 Å². The summed E-state index contributed by atoms with van der Waals surface area (Å²) in [5.74, 6) is 0. The minimum Gasteiger partial charge on any atom is -0.360 e. The lowest BCUT2D eigenvalue weighted by Crippen LogP contribution is -1.96. The standard InChI is InChI=1S/C6H5N3O/c7-6-3-5-4(9-10-6)1-2-8-5/h1-3,7-8H. The number of rotatable bonds is 0. The molecule has 4 heteroatoms. The first kappa shape index (κ1) is 5.22. The third-order valence-corrected chi connectivity index (χ3v) is 1.27. The quantitative estimate of drug-likeness (QED) is 0.556. The van der Waals surface area contributed by atoms with Gasteiger partial charge in [0.25, 0.3) is 0 Å². The summed E-state index contributed by atoms with van der Waals surface area (Å²) in [4.78, 5) is 2.92. The van der Waals surface area contributed by atoms with Gasteiger partial charge in [-0.2, -0.15) is 0 Å². The molecule has 50 valence electrons. The van der Waals surface area contributed by atoms with Crippen LogP contribution in [-0.4, -0.2) is 10.1 Å². The van der Waals surface area contributed by atoms with Crippen molar-refractivity contribution in [3.63, 3.8) is 0 Å². The molecule has 0 aliphatic rings. The normalized spacial score (nSPS) is 10.4. The summed E-state index contributed by atoms with van der Waals surface area (Å²) in [5.41, 5.74) is 1.64. The Kier molecular flexibility index (Phi) is 0.887. The van der Waals surface area contributed by atoms with E-state index in [4.69, 9.17) is 5.41 Å². The van der Waals surface area contributed by atoms with Crippen molar-refractivity contribution < 1.29 is 4.52 Å². The van der Waals surface area contributed by atoms with Crippen LogP contribution in [0.25, 0.3) is 11.0 Å². The maximum atomic E-state index is 7.07. The van der Waals surface area contributed by atoms with Gasteiger partial charge >= 0.3 is 0 Å². The van der Waals surface area contributed by atoms with E-state index in [1.807, 2.05) is 0 Å². The van der Waals surface area contributed by atoms with Crippen molar-refractivity contribution in [3.8, 4) is 0 Å². The monoisotopic (exact) mass is 135 g/mol. The first-order valence-electron chi connectivity index (χ1n) is 2.85. The van der Waals surface area contributed by atoms with Crippen LogP contribution in [0.2, 0.25) is 0 Å². The van der Waals surface area contributed by atoms with Gasteiger partial charge < -0.3 is 9.51 Å². The van der Waals surface area contributed by atoms with Crippen LogP contribution in [0.15, 0.2) is 22.9 Å². The molecule has 2 heterocycles. The van der Waals surface area contributed by atoms with E-state index in [1.165, 1.54) is 0 Å². The van der Waals surface area contributed by atoms with Gasteiger partial charge in [-0.15, -0.1) is 0 Å². The zero-order valence-corrected chi connectivity index (χ0v) is 5.09. The summed E-state index contributed by atoms with van der Waals surface area (Å²) in [6.07, 6.45) is 1.76. The Bertz CT molecular complexity index is 400. The number of hydrogen-bond acceptors (Lipinski definition) is 3. The Hall–Kier alpha value is -1.58. The maximum absolute atomic E-state index is 7.07. The molecule has 0 amide bonds. The van der Waals surface area contributed by atoms with Gasteiger partial charge in [-0.25, -0.2) is 0 Å². The number of nitrogens with one attached hydrogen (secondary N) is 2. The van der Waals surface area contributed by atoms with Crippen molar-refractivity contribution in [2.45, 2.75) is 0 Å². The lowest BCUT2D eigenvalue weighted by Gasteiger charge is -1.83. The molecule has 0 bridgehead atoms. The molecule has 0 aromatic carbocycles. The zero-order chi connectivity index (χ0) is 6.97. The van der Waals surface area contributed by atoms with Gasteiger partial charge in [-0.3, -0.25) is 5.41 Å². The van der Waals surface area contributed by atoms with Crippen LogP contribution in [0.3, 0.4) is 0 Å². The van der Waals surface area contributed by atoms with Crippen LogP contribution in [0.5, 0.6) is 0 Å². The van der Waals surface area contributed by atoms with Gasteiger partial charge in [0.2, 0.25) is 5.55 Å². The molecule has 0 saturated carbocycles. The first-order chi connectivity index (χ1) is 4.86. The number of fused-ring (bicyclic) bond motifs is 1. The molecule has 2 aromatic heterocycles. The summed E-state index contributed by atoms with van der Waals surface area (Å²) in [7, 11) is 0. The molecular formula is C6H5N3O. The van der Waals surface area contributed by atoms with E-state index >= 15 is 0 Å². The predicted molar refractivity (Wildman–Crippen MR) is 34.2 cm³/mol. The topological polar surface area (TPSA) is 65.7 Å². The van der Waals surface area contributed by atoms with Crippen molar-refractivity contribution in [1.82, 2.24) is 10.1 Å². The van der Waals surface area contributed by atoms with Crippen LogP contribution in [-0.2, 0) is 0 Å². The van der Waals surface area contributed by atoms with Crippen molar-refractivity contribution in [2.75, 3.05) is 0 Å². The number of aromatic nitrogens is 2. The highest BCUT2D eigenvalue weighted by Gasteiger charge is 1.93. The molecule has 0 radical (unpaired) electrons. The zero-order valence-electron chi connectivity index (χ0n) is 5.09. The summed E-state index contributed by atoms with van der Waals surface area (Å²) >= 11 is 0. The van der Waals surface area contributed by atoms with E-state index in [-0.39, 0.29) is 5.55 Å². The Morgan fingerprint density at radius 3 is 3.40 bits per heavy atom. The lowest BCUT2D eigenvalue weighted by atomic mass is 10.4. The molecule has 0 atom stereocenters. The highest BCUT2D eigenvalue weighted by Crippen LogP contribution is 2.02.